The fraction of sp³-hybridized carbons (Fsp3) is 0.306. The molecule has 0 aliphatic carbocycles. The Hall–Kier alpha value is -5.34. The maximum Gasteiger partial charge on any atom is 0.326 e. The van der Waals surface area contributed by atoms with Crippen molar-refractivity contribution < 1.29 is 34.2 Å². The first-order valence-corrected chi connectivity index (χ1v) is 17.5. The van der Waals surface area contributed by atoms with Gasteiger partial charge >= 0.3 is 5.97 Å². The van der Waals surface area contributed by atoms with Crippen LogP contribution in [0.15, 0.2) is 85.1 Å². The molecule has 50 heavy (non-hydrogen) atoms. The van der Waals surface area contributed by atoms with Crippen LogP contribution in [0.4, 0.5) is 0 Å². The van der Waals surface area contributed by atoms with Gasteiger partial charge in [-0.1, -0.05) is 60.7 Å². The summed E-state index contributed by atoms with van der Waals surface area (Å²) in [5.41, 5.74) is 9.05. The summed E-state index contributed by atoms with van der Waals surface area (Å²) in [6, 6.07) is 18.2. The van der Waals surface area contributed by atoms with E-state index >= 15 is 0 Å². The number of nitrogens with two attached hydrogens (primary N) is 1. The molecular weight excluding hydrogens is 660 g/mol. The Balaban J connectivity index is 1.50. The van der Waals surface area contributed by atoms with E-state index in [0.717, 1.165) is 27.6 Å². The summed E-state index contributed by atoms with van der Waals surface area (Å²) in [5.74, 6) is -3.20. The first-order valence-electron chi connectivity index (χ1n) is 16.1. The van der Waals surface area contributed by atoms with E-state index in [9.17, 15) is 34.2 Å². The molecule has 3 aromatic carbocycles. The topological polar surface area (TPSA) is 216 Å². The van der Waals surface area contributed by atoms with Crippen molar-refractivity contribution in [1.29, 1.82) is 0 Å². The number of aromatic amines is 1. The number of phenols is 1. The molecule has 0 saturated carbocycles. The third-order valence-electron chi connectivity index (χ3n) is 8.04. The van der Waals surface area contributed by atoms with Gasteiger partial charge in [0.25, 0.3) is 0 Å². The summed E-state index contributed by atoms with van der Waals surface area (Å²) < 4.78 is 0. The van der Waals surface area contributed by atoms with Crippen molar-refractivity contribution in [3.05, 3.63) is 102 Å². The zero-order valence-electron chi connectivity index (χ0n) is 27.6. The maximum absolute atomic E-state index is 14.0. The lowest BCUT2D eigenvalue weighted by molar-refractivity contribution is -0.142. The summed E-state index contributed by atoms with van der Waals surface area (Å²) in [6.45, 7) is -0.469. The third-order valence-corrected chi connectivity index (χ3v) is 8.69. The van der Waals surface area contributed by atoms with E-state index in [4.69, 9.17) is 5.73 Å². The highest BCUT2D eigenvalue weighted by molar-refractivity contribution is 7.98. The number of aromatic nitrogens is 1. The minimum atomic E-state index is -1.19. The van der Waals surface area contributed by atoms with Gasteiger partial charge in [-0.15, -0.1) is 0 Å². The minimum Gasteiger partial charge on any atom is -0.508 e. The maximum atomic E-state index is 14.0. The highest BCUT2D eigenvalue weighted by atomic mass is 32.2. The number of H-pyrrole nitrogens is 1. The van der Waals surface area contributed by atoms with Crippen molar-refractivity contribution in [2.45, 2.75) is 49.9 Å². The van der Waals surface area contributed by atoms with Crippen molar-refractivity contribution in [2.75, 3.05) is 18.6 Å². The number of carboxylic acid groups (broad SMARTS) is 1. The first-order chi connectivity index (χ1) is 24.0. The highest BCUT2D eigenvalue weighted by Gasteiger charge is 2.30. The predicted octanol–water partition coefficient (Wildman–Crippen LogP) is 1.64. The molecule has 9 N–H and O–H groups in total. The number of carbonyl (C=O) groups is 5. The number of fused-ring (bicyclic) bond motifs is 1. The van der Waals surface area contributed by atoms with Crippen LogP contribution in [0, 0.1) is 0 Å². The third kappa shape index (κ3) is 11.1. The zero-order chi connectivity index (χ0) is 36.0. The quantitative estimate of drug-likeness (QED) is 0.0755. The lowest BCUT2D eigenvalue weighted by Crippen LogP contribution is -2.57. The summed E-state index contributed by atoms with van der Waals surface area (Å²) in [5, 5.41) is 30.5. The van der Waals surface area contributed by atoms with Gasteiger partial charge in [0.2, 0.25) is 23.6 Å². The summed E-state index contributed by atoms with van der Waals surface area (Å²) >= 11 is 1.45. The second-order valence-electron chi connectivity index (χ2n) is 11.8. The molecule has 0 aliphatic heterocycles. The van der Waals surface area contributed by atoms with E-state index in [-0.39, 0.29) is 31.4 Å². The molecule has 0 spiro atoms. The van der Waals surface area contributed by atoms with Crippen LogP contribution >= 0.6 is 11.8 Å². The fourth-order valence-corrected chi connectivity index (χ4v) is 5.82. The second-order valence-corrected chi connectivity index (χ2v) is 12.8. The number of amides is 4. The van der Waals surface area contributed by atoms with E-state index in [1.54, 1.807) is 42.6 Å². The highest BCUT2D eigenvalue weighted by Crippen LogP contribution is 2.19. The van der Waals surface area contributed by atoms with Crippen LogP contribution < -0.4 is 27.0 Å². The molecule has 0 aliphatic rings. The SMILES string of the molecule is CSCCC(NC(=O)C(Cc1ccccc1)NC(=O)C(Cc1c[nH]c2ccccc12)NC(=O)CNC(=O)C(N)Cc1ccc(O)cc1)C(=O)O. The normalized spacial score (nSPS) is 13.4. The molecule has 4 unspecified atom stereocenters. The molecule has 0 radical (unpaired) electrons. The Morgan fingerprint density at radius 1 is 0.760 bits per heavy atom. The molecule has 0 bridgehead atoms. The Kier molecular flexibility index (Phi) is 13.8. The number of phenolic OH excluding ortho intramolecular Hbond substituents is 1. The van der Waals surface area contributed by atoms with Crippen molar-refractivity contribution in [1.82, 2.24) is 26.3 Å². The Morgan fingerprint density at radius 2 is 1.38 bits per heavy atom. The monoisotopic (exact) mass is 702 g/mol. The van der Waals surface area contributed by atoms with Crippen LogP contribution in [0.2, 0.25) is 0 Å². The van der Waals surface area contributed by atoms with E-state index in [2.05, 4.69) is 26.3 Å². The van der Waals surface area contributed by atoms with Crippen LogP contribution in [0.3, 0.4) is 0 Å². The molecule has 0 saturated heterocycles. The Bertz CT molecular complexity index is 1770. The standard InChI is InChI=1S/C36H42N6O7S/c1-50-16-15-29(36(48)49)41-34(46)30(18-22-7-3-2-4-8-22)42-35(47)31(19-24-20-38-28-10-6-5-9-26(24)28)40-32(44)21-39-33(45)27(37)17-23-11-13-25(43)14-12-23/h2-14,20,27,29-31,38,43H,15-19,21,37H2,1H3,(H,39,45)(H,40,44)(H,41,46)(H,42,47)(H,48,49). The molecule has 1 heterocycles. The van der Waals surface area contributed by atoms with E-state index < -0.39 is 60.3 Å². The number of hydrogen-bond acceptors (Lipinski definition) is 8. The van der Waals surface area contributed by atoms with Crippen LogP contribution in [0.25, 0.3) is 10.9 Å². The number of carboxylic acids is 1. The van der Waals surface area contributed by atoms with Gasteiger partial charge in [-0.2, -0.15) is 11.8 Å². The van der Waals surface area contributed by atoms with E-state index in [1.807, 2.05) is 36.6 Å². The average molecular weight is 703 g/mol. The number of thioether (sulfide) groups is 1. The number of benzene rings is 3. The van der Waals surface area contributed by atoms with Gasteiger partial charge < -0.3 is 42.2 Å². The number of hydrogen-bond donors (Lipinski definition) is 8. The molecule has 4 amide bonds. The summed E-state index contributed by atoms with van der Waals surface area (Å²) in [4.78, 5) is 68.4. The van der Waals surface area contributed by atoms with Crippen molar-refractivity contribution in [2.24, 2.45) is 5.73 Å². The Labute approximate surface area is 293 Å². The first kappa shape index (κ1) is 37.5. The van der Waals surface area contributed by atoms with Gasteiger partial charge in [-0.3, -0.25) is 19.2 Å². The molecule has 14 heteroatoms. The van der Waals surface area contributed by atoms with Crippen molar-refractivity contribution >= 4 is 52.3 Å². The predicted molar refractivity (Wildman–Crippen MR) is 191 cm³/mol. The number of aromatic hydroxyl groups is 1. The molecular formula is C36H42N6O7S. The van der Waals surface area contributed by atoms with Crippen molar-refractivity contribution in [3.8, 4) is 5.75 Å². The van der Waals surface area contributed by atoms with Gasteiger partial charge in [-0.25, -0.2) is 4.79 Å². The fourth-order valence-electron chi connectivity index (χ4n) is 5.35. The molecule has 4 atom stereocenters. The van der Waals surface area contributed by atoms with E-state index in [1.165, 1.54) is 23.9 Å². The smallest absolute Gasteiger partial charge is 0.326 e. The van der Waals surface area contributed by atoms with Crippen LogP contribution in [-0.4, -0.2) is 87.5 Å². The lowest BCUT2D eigenvalue weighted by Gasteiger charge is -2.25. The average Bonchev–Trinajstić information content (AvgIpc) is 3.52. The lowest BCUT2D eigenvalue weighted by atomic mass is 10.0. The molecule has 0 fully saturated rings. The number of nitrogens with one attached hydrogen (secondary N) is 5. The van der Waals surface area contributed by atoms with Gasteiger partial charge in [0.05, 0.1) is 12.6 Å². The number of para-hydroxylation sites is 1. The second kappa shape index (κ2) is 18.4. The number of rotatable bonds is 18. The van der Waals surface area contributed by atoms with Crippen LogP contribution in [-0.2, 0) is 43.2 Å². The van der Waals surface area contributed by atoms with Crippen molar-refractivity contribution in [3.63, 3.8) is 0 Å². The van der Waals surface area contributed by atoms with Gasteiger partial charge in [0, 0.05) is 29.9 Å². The molecule has 1 aromatic heterocycles. The van der Waals surface area contributed by atoms with Gasteiger partial charge in [-0.05, 0) is 59.7 Å². The minimum absolute atomic E-state index is 0.0427. The molecule has 13 nitrogen and oxygen atoms in total. The summed E-state index contributed by atoms with van der Waals surface area (Å²) in [6.07, 6.45) is 4.04. The largest absolute Gasteiger partial charge is 0.508 e. The number of aliphatic carboxylic acids is 1. The summed E-state index contributed by atoms with van der Waals surface area (Å²) in [7, 11) is 0. The Morgan fingerprint density at radius 3 is 2.06 bits per heavy atom. The van der Waals surface area contributed by atoms with Gasteiger partial charge in [0.1, 0.15) is 23.9 Å². The van der Waals surface area contributed by atoms with Gasteiger partial charge in [0.15, 0.2) is 0 Å². The van der Waals surface area contributed by atoms with E-state index in [0.29, 0.717) is 5.75 Å². The molecule has 4 aromatic rings. The van der Waals surface area contributed by atoms with Crippen LogP contribution in [0.5, 0.6) is 5.75 Å². The van der Waals surface area contributed by atoms with Crippen LogP contribution in [0.1, 0.15) is 23.1 Å². The molecule has 264 valence electrons. The molecule has 4 rings (SSSR count). The number of carbonyl (C=O) groups excluding carboxylic acids is 4. The zero-order valence-corrected chi connectivity index (χ0v) is 28.4.